The predicted octanol–water partition coefficient (Wildman–Crippen LogP) is 2.06. The van der Waals surface area contributed by atoms with Crippen molar-refractivity contribution in [2.75, 3.05) is 6.54 Å². The monoisotopic (exact) mass is 262 g/mol. The quantitative estimate of drug-likeness (QED) is 0.818. The Kier molecular flexibility index (Phi) is 2.70. The van der Waals surface area contributed by atoms with Crippen molar-refractivity contribution in [1.82, 2.24) is 5.32 Å². The maximum absolute atomic E-state index is 12.6. The third-order valence-corrected chi connectivity index (χ3v) is 6.71. The van der Waals surface area contributed by atoms with E-state index < -0.39 is 0 Å². The number of carbonyl (C=O) groups is 1. The van der Waals surface area contributed by atoms with Gasteiger partial charge in [-0.05, 0) is 68.6 Å². The third-order valence-electron chi connectivity index (χ3n) is 6.71. The number of hydrogen-bond acceptors (Lipinski definition) is 2. The van der Waals surface area contributed by atoms with E-state index in [0.717, 1.165) is 36.5 Å². The SMILES string of the molecule is NCC1(C(=O)NC2C3CC4CC(C3)CC2C4)CCC1. The highest BCUT2D eigenvalue weighted by molar-refractivity contribution is 5.84. The fourth-order valence-corrected chi connectivity index (χ4v) is 5.59. The van der Waals surface area contributed by atoms with Crippen LogP contribution < -0.4 is 11.1 Å². The second kappa shape index (κ2) is 4.21. The number of rotatable bonds is 3. The Morgan fingerprint density at radius 3 is 2.05 bits per heavy atom. The van der Waals surface area contributed by atoms with Gasteiger partial charge in [0.2, 0.25) is 5.91 Å². The molecule has 0 unspecified atom stereocenters. The van der Waals surface area contributed by atoms with Crippen LogP contribution in [-0.2, 0) is 4.79 Å². The molecule has 0 aromatic heterocycles. The first kappa shape index (κ1) is 12.2. The van der Waals surface area contributed by atoms with E-state index in [-0.39, 0.29) is 11.3 Å². The van der Waals surface area contributed by atoms with Crippen molar-refractivity contribution in [1.29, 1.82) is 0 Å². The third kappa shape index (κ3) is 1.77. The molecule has 5 saturated carbocycles. The molecule has 19 heavy (non-hydrogen) atoms. The Bertz CT molecular complexity index is 355. The summed E-state index contributed by atoms with van der Waals surface area (Å²) in [6.07, 6.45) is 10.1. The van der Waals surface area contributed by atoms with E-state index in [1.165, 1.54) is 38.5 Å². The number of nitrogens with one attached hydrogen (secondary N) is 1. The normalized spacial score (nSPS) is 45.8. The first-order valence-corrected chi connectivity index (χ1v) is 8.21. The largest absolute Gasteiger partial charge is 0.352 e. The van der Waals surface area contributed by atoms with Crippen LogP contribution >= 0.6 is 0 Å². The zero-order chi connectivity index (χ0) is 13.0. The molecule has 0 aliphatic heterocycles. The lowest BCUT2D eigenvalue weighted by Gasteiger charge is -2.55. The van der Waals surface area contributed by atoms with E-state index in [1.54, 1.807) is 0 Å². The van der Waals surface area contributed by atoms with Gasteiger partial charge in [0.15, 0.2) is 0 Å². The molecular weight excluding hydrogens is 236 g/mol. The standard InChI is InChI=1S/C16H26N2O/c17-9-16(2-1-3-16)15(19)18-14-12-5-10-4-11(7-12)8-13(14)6-10/h10-14H,1-9,17H2,(H,18,19). The Hall–Kier alpha value is -0.570. The van der Waals surface area contributed by atoms with Gasteiger partial charge in [0.1, 0.15) is 0 Å². The van der Waals surface area contributed by atoms with Gasteiger partial charge >= 0.3 is 0 Å². The molecule has 1 amide bonds. The summed E-state index contributed by atoms with van der Waals surface area (Å²) in [5.74, 6) is 3.77. The van der Waals surface area contributed by atoms with E-state index in [1.807, 2.05) is 0 Å². The predicted molar refractivity (Wildman–Crippen MR) is 74.3 cm³/mol. The van der Waals surface area contributed by atoms with Crippen molar-refractivity contribution in [2.24, 2.45) is 34.8 Å². The maximum atomic E-state index is 12.6. The van der Waals surface area contributed by atoms with Crippen molar-refractivity contribution in [3.63, 3.8) is 0 Å². The highest BCUT2D eigenvalue weighted by Gasteiger charge is 2.51. The molecule has 106 valence electrons. The molecular formula is C16H26N2O. The molecule has 0 aromatic rings. The van der Waals surface area contributed by atoms with Crippen LogP contribution in [0.2, 0.25) is 0 Å². The van der Waals surface area contributed by atoms with Crippen molar-refractivity contribution < 1.29 is 4.79 Å². The van der Waals surface area contributed by atoms with Gasteiger partial charge < -0.3 is 11.1 Å². The van der Waals surface area contributed by atoms with E-state index in [0.29, 0.717) is 12.6 Å². The van der Waals surface area contributed by atoms with Gasteiger partial charge in [-0.2, -0.15) is 0 Å². The Morgan fingerprint density at radius 2 is 1.63 bits per heavy atom. The number of hydrogen-bond donors (Lipinski definition) is 2. The minimum atomic E-state index is -0.200. The van der Waals surface area contributed by atoms with Crippen molar-refractivity contribution in [3.05, 3.63) is 0 Å². The van der Waals surface area contributed by atoms with Crippen molar-refractivity contribution >= 4 is 5.91 Å². The molecule has 0 radical (unpaired) electrons. The fourth-order valence-electron chi connectivity index (χ4n) is 5.59. The summed E-state index contributed by atoms with van der Waals surface area (Å²) in [4.78, 5) is 12.6. The van der Waals surface area contributed by atoms with E-state index in [2.05, 4.69) is 5.32 Å². The molecule has 5 fully saturated rings. The van der Waals surface area contributed by atoms with Gasteiger partial charge in [0.25, 0.3) is 0 Å². The molecule has 4 bridgehead atoms. The molecule has 0 saturated heterocycles. The lowest BCUT2D eigenvalue weighted by molar-refractivity contribution is -0.139. The van der Waals surface area contributed by atoms with Gasteiger partial charge in [-0.1, -0.05) is 6.42 Å². The average Bonchev–Trinajstić information content (AvgIpc) is 2.32. The van der Waals surface area contributed by atoms with E-state index in [4.69, 9.17) is 5.73 Å². The summed E-state index contributed by atoms with van der Waals surface area (Å²) in [5, 5.41) is 3.44. The Labute approximate surface area is 115 Å². The van der Waals surface area contributed by atoms with Gasteiger partial charge in [0, 0.05) is 12.6 Å². The highest BCUT2D eigenvalue weighted by atomic mass is 16.2. The molecule has 5 aliphatic rings. The molecule has 3 heteroatoms. The van der Waals surface area contributed by atoms with E-state index in [9.17, 15) is 4.79 Å². The smallest absolute Gasteiger partial charge is 0.227 e. The second-order valence-corrected chi connectivity index (χ2v) is 7.77. The number of nitrogens with two attached hydrogens (primary N) is 1. The van der Waals surface area contributed by atoms with Gasteiger partial charge in [-0.25, -0.2) is 0 Å². The Morgan fingerprint density at radius 1 is 1.05 bits per heavy atom. The maximum Gasteiger partial charge on any atom is 0.227 e. The molecule has 0 aromatic carbocycles. The van der Waals surface area contributed by atoms with Crippen LogP contribution in [0.25, 0.3) is 0 Å². The molecule has 0 spiro atoms. The van der Waals surface area contributed by atoms with Crippen LogP contribution in [0.1, 0.15) is 51.4 Å². The van der Waals surface area contributed by atoms with Crippen LogP contribution in [-0.4, -0.2) is 18.5 Å². The van der Waals surface area contributed by atoms with E-state index >= 15 is 0 Å². The highest BCUT2D eigenvalue weighted by Crippen LogP contribution is 2.54. The Balaban J connectivity index is 1.47. The molecule has 3 nitrogen and oxygen atoms in total. The van der Waals surface area contributed by atoms with Crippen molar-refractivity contribution in [2.45, 2.75) is 57.4 Å². The second-order valence-electron chi connectivity index (χ2n) is 7.77. The summed E-state index contributed by atoms with van der Waals surface area (Å²) in [7, 11) is 0. The zero-order valence-electron chi connectivity index (χ0n) is 11.7. The number of carbonyl (C=O) groups excluding carboxylic acids is 1. The molecule has 5 rings (SSSR count). The minimum Gasteiger partial charge on any atom is -0.352 e. The van der Waals surface area contributed by atoms with Crippen LogP contribution in [0.5, 0.6) is 0 Å². The summed E-state index contributed by atoms with van der Waals surface area (Å²) in [6, 6.07) is 0.476. The van der Waals surface area contributed by atoms with Crippen LogP contribution in [0.4, 0.5) is 0 Å². The summed E-state index contributed by atoms with van der Waals surface area (Å²) in [6.45, 7) is 0.534. The lowest BCUT2D eigenvalue weighted by Crippen LogP contribution is -2.60. The number of amides is 1. The summed E-state index contributed by atoms with van der Waals surface area (Å²) in [5.41, 5.74) is 5.66. The molecule has 5 aliphatic carbocycles. The molecule has 3 N–H and O–H groups in total. The average molecular weight is 262 g/mol. The van der Waals surface area contributed by atoms with Gasteiger partial charge in [-0.15, -0.1) is 0 Å². The minimum absolute atomic E-state index is 0.200. The van der Waals surface area contributed by atoms with Gasteiger partial charge in [0.05, 0.1) is 5.41 Å². The molecule has 0 heterocycles. The zero-order valence-corrected chi connectivity index (χ0v) is 11.7. The van der Waals surface area contributed by atoms with Crippen LogP contribution in [0, 0.1) is 29.1 Å². The summed E-state index contributed by atoms with van der Waals surface area (Å²) < 4.78 is 0. The lowest BCUT2D eigenvalue weighted by atomic mass is 9.54. The van der Waals surface area contributed by atoms with Crippen LogP contribution in [0.15, 0.2) is 0 Å². The first-order chi connectivity index (χ1) is 9.20. The fraction of sp³-hybridized carbons (Fsp3) is 0.938. The summed E-state index contributed by atoms with van der Waals surface area (Å²) >= 11 is 0. The first-order valence-electron chi connectivity index (χ1n) is 8.21. The molecule has 0 atom stereocenters. The van der Waals surface area contributed by atoms with Crippen LogP contribution in [0.3, 0.4) is 0 Å². The van der Waals surface area contributed by atoms with Crippen molar-refractivity contribution in [3.8, 4) is 0 Å². The van der Waals surface area contributed by atoms with Gasteiger partial charge in [-0.3, -0.25) is 4.79 Å². The topological polar surface area (TPSA) is 55.1 Å².